The van der Waals surface area contributed by atoms with Crippen LogP contribution in [0.4, 0.5) is 15.2 Å². The van der Waals surface area contributed by atoms with E-state index in [9.17, 15) is 14.3 Å². The third kappa shape index (κ3) is 5.78. The largest absolute Gasteiger partial charge is 0.386 e. The zero-order valence-corrected chi connectivity index (χ0v) is 21.3. The van der Waals surface area contributed by atoms with Gasteiger partial charge in [-0.3, -0.25) is 9.48 Å². The number of nitrogens with zero attached hydrogens (tertiary/aromatic N) is 3. The van der Waals surface area contributed by atoms with Crippen molar-refractivity contribution in [2.75, 3.05) is 5.32 Å². The van der Waals surface area contributed by atoms with Crippen LogP contribution in [0, 0.1) is 12.7 Å². The van der Waals surface area contributed by atoms with Crippen molar-refractivity contribution in [3.8, 4) is 10.4 Å². The van der Waals surface area contributed by atoms with Gasteiger partial charge in [-0.25, -0.2) is 9.37 Å². The van der Waals surface area contributed by atoms with Gasteiger partial charge in [0.05, 0.1) is 41.5 Å². The first-order valence-corrected chi connectivity index (χ1v) is 12.1. The van der Waals surface area contributed by atoms with Crippen molar-refractivity contribution >= 4 is 28.1 Å². The van der Waals surface area contributed by atoms with Crippen molar-refractivity contribution < 1.29 is 19.0 Å². The Hall–Kier alpha value is -3.60. The maximum Gasteiger partial charge on any atom is 0.251 e. The van der Waals surface area contributed by atoms with Crippen LogP contribution in [0.2, 0.25) is 0 Å². The zero-order chi connectivity index (χ0) is 26.0. The molecule has 4 rings (SSSR count). The fourth-order valence-electron chi connectivity index (χ4n) is 3.70. The predicted molar refractivity (Wildman–Crippen MR) is 137 cm³/mol. The fraction of sp³-hybridized carbons (Fsp3) is 0.269. The number of carbonyl (C=O) groups is 1. The number of amides is 1. The van der Waals surface area contributed by atoms with E-state index in [-0.39, 0.29) is 12.2 Å². The molecular weight excluding hydrogens is 481 g/mol. The number of primary amides is 1. The average molecular weight is 510 g/mol. The molecule has 0 saturated heterocycles. The molecule has 0 spiro atoms. The van der Waals surface area contributed by atoms with Crippen molar-refractivity contribution in [1.29, 1.82) is 0 Å². The third-order valence-corrected chi connectivity index (χ3v) is 6.67. The van der Waals surface area contributed by atoms with Crippen molar-refractivity contribution in [1.82, 2.24) is 14.8 Å². The van der Waals surface area contributed by atoms with Crippen LogP contribution in [-0.4, -0.2) is 25.8 Å². The summed E-state index contributed by atoms with van der Waals surface area (Å²) in [6.07, 6.45) is 0. The zero-order valence-electron chi connectivity index (χ0n) is 20.5. The molecule has 8 nitrogen and oxygen atoms in total. The van der Waals surface area contributed by atoms with Gasteiger partial charge >= 0.3 is 0 Å². The number of benzene rings is 1. The summed E-state index contributed by atoms with van der Waals surface area (Å²) in [6.45, 7) is 5.79. The molecule has 0 fully saturated rings. The molecule has 1 aromatic carbocycles. The van der Waals surface area contributed by atoms with Gasteiger partial charge in [-0.15, -0.1) is 11.3 Å². The molecule has 4 aromatic rings. The fourth-order valence-corrected chi connectivity index (χ4v) is 4.80. The van der Waals surface area contributed by atoms with Gasteiger partial charge in [-0.1, -0.05) is 18.2 Å². The molecule has 1 amide bonds. The van der Waals surface area contributed by atoms with Crippen LogP contribution in [0.5, 0.6) is 0 Å². The van der Waals surface area contributed by atoms with E-state index in [1.54, 1.807) is 42.8 Å². The lowest BCUT2D eigenvalue weighted by Crippen LogP contribution is -2.15. The standard InChI is InChI=1S/C26H28FN5O3S/c1-15-10-18(32(4)31-15)14-35-13-17-6-5-7-23(29-17)30-25-20(24(28)33)12-22(36-25)19-9-8-16(11-21(19)27)26(2,3)34/h5-12,34H,13-14H2,1-4H3,(H2,28,33)(H,29,30). The molecular formula is C26H28FN5O3S. The first-order valence-electron chi connectivity index (χ1n) is 11.3. The number of nitrogens with two attached hydrogens (primary N) is 1. The number of aliphatic hydroxyl groups is 1. The lowest BCUT2D eigenvalue weighted by atomic mass is 9.96. The Kier molecular flexibility index (Phi) is 7.21. The van der Waals surface area contributed by atoms with Crippen LogP contribution in [0.1, 0.15) is 46.9 Å². The Morgan fingerprint density at radius 1 is 1.22 bits per heavy atom. The van der Waals surface area contributed by atoms with Gasteiger partial charge in [0.2, 0.25) is 0 Å². The number of pyridine rings is 1. The highest BCUT2D eigenvalue weighted by molar-refractivity contribution is 7.19. The van der Waals surface area contributed by atoms with Crippen LogP contribution in [-0.2, 0) is 30.6 Å². The Morgan fingerprint density at radius 2 is 2.00 bits per heavy atom. The van der Waals surface area contributed by atoms with Crippen molar-refractivity contribution in [3.63, 3.8) is 0 Å². The molecule has 0 radical (unpaired) electrons. The summed E-state index contributed by atoms with van der Waals surface area (Å²) >= 11 is 1.19. The molecule has 36 heavy (non-hydrogen) atoms. The summed E-state index contributed by atoms with van der Waals surface area (Å²) in [5.74, 6) is -0.639. The molecule has 0 aliphatic carbocycles. The maximum absolute atomic E-state index is 14.9. The number of ether oxygens (including phenoxy) is 1. The number of aromatic nitrogens is 3. The molecule has 3 heterocycles. The smallest absolute Gasteiger partial charge is 0.251 e. The normalized spacial score (nSPS) is 11.6. The monoisotopic (exact) mass is 509 g/mol. The number of aryl methyl sites for hydroxylation is 2. The van der Waals surface area contributed by atoms with Crippen LogP contribution >= 0.6 is 11.3 Å². The molecule has 0 atom stereocenters. The Balaban J connectivity index is 1.52. The topological polar surface area (TPSA) is 115 Å². The summed E-state index contributed by atoms with van der Waals surface area (Å²) in [4.78, 5) is 17.2. The molecule has 3 aromatic heterocycles. The number of rotatable bonds is 9. The van der Waals surface area contributed by atoms with Crippen LogP contribution in [0.25, 0.3) is 10.4 Å². The minimum absolute atomic E-state index is 0.232. The second-order valence-corrected chi connectivity index (χ2v) is 10.1. The SMILES string of the molecule is Cc1cc(COCc2cccc(Nc3sc(-c4ccc(C(C)(C)O)cc4F)cc3C(N)=O)n2)n(C)n1. The highest BCUT2D eigenvalue weighted by Gasteiger charge is 2.21. The average Bonchev–Trinajstić information content (AvgIpc) is 3.35. The number of halogens is 1. The molecule has 4 N–H and O–H groups in total. The molecule has 0 saturated carbocycles. The van der Waals surface area contributed by atoms with Crippen LogP contribution in [0.3, 0.4) is 0 Å². The number of carbonyl (C=O) groups excluding carboxylic acids is 1. The molecule has 0 unspecified atom stereocenters. The number of thiophene rings is 1. The summed E-state index contributed by atoms with van der Waals surface area (Å²) in [5, 5.41) is 18.0. The minimum atomic E-state index is -1.17. The highest BCUT2D eigenvalue weighted by Crippen LogP contribution is 2.38. The van der Waals surface area contributed by atoms with Crippen LogP contribution in [0.15, 0.2) is 48.5 Å². The van der Waals surface area contributed by atoms with Gasteiger partial charge < -0.3 is 20.9 Å². The van der Waals surface area contributed by atoms with E-state index in [0.717, 1.165) is 11.4 Å². The van der Waals surface area contributed by atoms with E-state index in [0.29, 0.717) is 39.1 Å². The van der Waals surface area contributed by atoms with Gasteiger partial charge in [0, 0.05) is 17.5 Å². The summed E-state index contributed by atoms with van der Waals surface area (Å²) in [6, 6.07) is 13.5. The Bertz CT molecular complexity index is 1410. The predicted octanol–water partition coefficient (Wildman–Crippen LogP) is 4.78. The van der Waals surface area contributed by atoms with E-state index in [4.69, 9.17) is 10.5 Å². The highest BCUT2D eigenvalue weighted by atomic mass is 32.1. The maximum atomic E-state index is 14.9. The summed E-state index contributed by atoms with van der Waals surface area (Å²) < 4.78 is 22.5. The van der Waals surface area contributed by atoms with Crippen molar-refractivity contribution in [2.24, 2.45) is 12.8 Å². The van der Waals surface area contributed by atoms with E-state index in [1.807, 2.05) is 32.2 Å². The van der Waals surface area contributed by atoms with Gasteiger partial charge in [-0.2, -0.15) is 5.10 Å². The summed E-state index contributed by atoms with van der Waals surface area (Å²) in [5.41, 5.74) is 8.01. The van der Waals surface area contributed by atoms with E-state index in [2.05, 4.69) is 15.4 Å². The molecule has 188 valence electrons. The first kappa shape index (κ1) is 25.5. The number of hydrogen-bond donors (Lipinski definition) is 3. The van der Waals surface area contributed by atoms with Crippen LogP contribution < -0.4 is 11.1 Å². The van der Waals surface area contributed by atoms with Gasteiger partial charge in [0.15, 0.2) is 0 Å². The quantitative estimate of drug-likeness (QED) is 0.299. The molecule has 10 heteroatoms. The van der Waals surface area contributed by atoms with E-state index < -0.39 is 17.3 Å². The summed E-state index contributed by atoms with van der Waals surface area (Å²) in [7, 11) is 1.87. The molecule has 0 bridgehead atoms. The second kappa shape index (κ2) is 10.2. The Labute approximate surface area is 212 Å². The lowest BCUT2D eigenvalue weighted by Gasteiger charge is -2.18. The minimum Gasteiger partial charge on any atom is -0.386 e. The van der Waals surface area contributed by atoms with E-state index in [1.165, 1.54) is 17.4 Å². The lowest BCUT2D eigenvalue weighted by molar-refractivity contribution is 0.0782. The van der Waals surface area contributed by atoms with Gasteiger partial charge in [-0.05, 0) is 56.7 Å². The van der Waals surface area contributed by atoms with Gasteiger partial charge in [0.1, 0.15) is 16.6 Å². The van der Waals surface area contributed by atoms with Gasteiger partial charge in [0.25, 0.3) is 5.91 Å². The molecule has 0 aliphatic heterocycles. The number of nitrogens with one attached hydrogen (secondary N) is 1. The first-order chi connectivity index (χ1) is 17.0. The van der Waals surface area contributed by atoms with Crippen molar-refractivity contribution in [2.45, 2.75) is 39.6 Å². The third-order valence-electron chi connectivity index (χ3n) is 5.59. The number of hydrogen-bond acceptors (Lipinski definition) is 7. The molecule has 0 aliphatic rings. The van der Waals surface area contributed by atoms with E-state index >= 15 is 0 Å². The number of anilines is 2. The van der Waals surface area contributed by atoms with Crippen molar-refractivity contribution in [3.05, 3.63) is 82.6 Å². The second-order valence-electron chi connectivity index (χ2n) is 9.00. The Morgan fingerprint density at radius 3 is 2.64 bits per heavy atom.